The van der Waals surface area contributed by atoms with Gasteiger partial charge < -0.3 is 15.4 Å². The molecule has 2 aliphatic rings. The number of morpholine rings is 1. The number of aliphatic imine (C=N–C) groups is 1. The van der Waals surface area contributed by atoms with Gasteiger partial charge in [-0.1, -0.05) is 0 Å². The third-order valence-corrected chi connectivity index (χ3v) is 4.38. The first-order chi connectivity index (χ1) is 11.5. The van der Waals surface area contributed by atoms with Gasteiger partial charge in [-0.15, -0.1) is 0 Å². The molecule has 6 nitrogen and oxygen atoms in total. The van der Waals surface area contributed by atoms with E-state index in [4.69, 9.17) is 4.74 Å². The Morgan fingerprint density at radius 2 is 1.92 bits per heavy atom. The molecule has 1 unspecified atom stereocenters. The molecule has 0 spiro atoms. The molecule has 0 radical (unpaired) electrons. The van der Waals surface area contributed by atoms with Gasteiger partial charge in [0.25, 0.3) is 0 Å². The van der Waals surface area contributed by atoms with Crippen LogP contribution in [0.25, 0.3) is 0 Å². The summed E-state index contributed by atoms with van der Waals surface area (Å²) in [7, 11) is 1.70. The molecule has 0 amide bonds. The highest BCUT2D eigenvalue weighted by atomic mass is 19.4. The third kappa shape index (κ3) is 7.23. The van der Waals surface area contributed by atoms with E-state index >= 15 is 0 Å². The van der Waals surface area contributed by atoms with Crippen LogP contribution in [0.3, 0.4) is 0 Å². The van der Waals surface area contributed by atoms with Crippen LogP contribution in [-0.2, 0) is 4.74 Å². The lowest BCUT2D eigenvalue weighted by atomic mass is 10.1. The van der Waals surface area contributed by atoms with Crippen molar-refractivity contribution in [3.05, 3.63) is 0 Å². The highest BCUT2D eigenvalue weighted by Crippen LogP contribution is 2.22. The summed E-state index contributed by atoms with van der Waals surface area (Å²) >= 11 is 0. The maximum Gasteiger partial charge on any atom is 0.401 e. The van der Waals surface area contributed by atoms with Crippen LogP contribution in [0, 0.1) is 5.92 Å². The third-order valence-electron chi connectivity index (χ3n) is 4.38. The molecule has 0 aliphatic carbocycles. The summed E-state index contributed by atoms with van der Waals surface area (Å²) in [5.41, 5.74) is 0. The van der Waals surface area contributed by atoms with E-state index in [-0.39, 0.29) is 5.92 Å². The Hall–Kier alpha value is -1.06. The first-order valence-corrected chi connectivity index (χ1v) is 8.50. The Kier molecular flexibility index (Phi) is 7.57. The van der Waals surface area contributed by atoms with Gasteiger partial charge in [0.1, 0.15) is 0 Å². The Labute approximate surface area is 141 Å². The zero-order valence-electron chi connectivity index (χ0n) is 14.2. The SMILES string of the molecule is CN=C(NCCN1CCOCC1)NCC1CCN(CC(F)(F)F)C1. The summed E-state index contributed by atoms with van der Waals surface area (Å²) in [4.78, 5) is 7.97. The number of ether oxygens (including phenoxy) is 1. The lowest BCUT2D eigenvalue weighted by molar-refractivity contribution is -0.143. The largest absolute Gasteiger partial charge is 0.401 e. The summed E-state index contributed by atoms with van der Waals surface area (Å²) in [5, 5.41) is 6.47. The zero-order chi connectivity index (χ0) is 17.4. The Balaban J connectivity index is 1.59. The molecule has 2 fully saturated rings. The second-order valence-electron chi connectivity index (χ2n) is 6.34. The molecule has 2 saturated heterocycles. The van der Waals surface area contributed by atoms with Crippen molar-refractivity contribution in [2.24, 2.45) is 10.9 Å². The van der Waals surface area contributed by atoms with Gasteiger partial charge in [0.15, 0.2) is 5.96 Å². The number of halogens is 3. The van der Waals surface area contributed by atoms with Gasteiger partial charge in [-0.05, 0) is 18.9 Å². The molecule has 0 bridgehead atoms. The normalized spacial score (nSPS) is 24.3. The first kappa shape index (κ1) is 19.3. The highest BCUT2D eigenvalue weighted by Gasteiger charge is 2.34. The Bertz CT molecular complexity index is 399. The predicted octanol–water partition coefficient (Wildman–Crippen LogP) is 0.368. The van der Waals surface area contributed by atoms with E-state index in [1.165, 1.54) is 4.90 Å². The van der Waals surface area contributed by atoms with Gasteiger partial charge in [0.2, 0.25) is 0 Å². The van der Waals surface area contributed by atoms with Crippen LogP contribution in [0.2, 0.25) is 0 Å². The molecular weight excluding hydrogens is 323 g/mol. The quantitative estimate of drug-likeness (QED) is 0.535. The topological polar surface area (TPSA) is 52.1 Å². The van der Waals surface area contributed by atoms with E-state index in [1.807, 2.05) is 0 Å². The van der Waals surface area contributed by atoms with Crippen LogP contribution in [0.5, 0.6) is 0 Å². The van der Waals surface area contributed by atoms with Gasteiger partial charge in [-0.3, -0.25) is 14.8 Å². The molecule has 0 aromatic rings. The van der Waals surface area contributed by atoms with Crippen molar-refractivity contribution in [1.82, 2.24) is 20.4 Å². The summed E-state index contributed by atoms with van der Waals surface area (Å²) in [6.07, 6.45) is -3.33. The number of rotatable bonds is 6. The number of likely N-dealkylation sites (tertiary alicyclic amines) is 1. The molecule has 2 rings (SSSR count). The van der Waals surface area contributed by atoms with Gasteiger partial charge >= 0.3 is 6.18 Å². The number of hydrogen-bond donors (Lipinski definition) is 2. The zero-order valence-corrected chi connectivity index (χ0v) is 14.2. The number of guanidine groups is 1. The maximum absolute atomic E-state index is 12.4. The van der Waals surface area contributed by atoms with E-state index in [2.05, 4.69) is 20.5 Å². The maximum atomic E-state index is 12.4. The number of hydrogen-bond acceptors (Lipinski definition) is 4. The number of nitrogens with one attached hydrogen (secondary N) is 2. The fraction of sp³-hybridized carbons (Fsp3) is 0.933. The van der Waals surface area contributed by atoms with Crippen molar-refractivity contribution < 1.29 is 17.9 Å². The van der Waals surface area contributed by atoms with Crippen molar-refractivity contribution in [2.75, 3.05) is 72.6 Å². The van der Waals surface area contributed by atoms with Crippen molar-refractivity contribution in [1.29, 1.82) is 0 Å². The molecule has 0 aromatic carbocycles. The minimum absolute atomic E-state index is 0.227. The molecule has 2 N–H and O–H groups in total. The van der Waals surface area contributed by atoms with Gasteiger partial charge in [-0.2, -0.15) is 13.2 Å². The first-order valence-electron chi connectivity index (χ1n) is 8.50. The molecule has 2 heterocycles. The minimum Gasteiger partial charge on any atom is -0.379 e. The smallest absolute Gasteiger partial charge is 0.379 e. The molecule has 9 heteroatoms. The van der Waals surface area contributed by atoms with Crippen molar-refractivity contribution in [3.8, 4) is 0 Å². The lowest BCUT2D eigenvalue weighted by Gasteiger charge is -2.26. The second kappa shape index (κ2) is 9.43. The van der Waals surface area contributed by atoms with Crippen molar-refractivity contribution in [3.63, 3.8) is 0 Å². The van der Waals surface area contributed by atoms with Gasteiger partial charge in [-0.25, -0.2) is 0 Å². The van der Waals surface area contributed by atoms with Crippen LogP contribution < -0.4 is 10.6 Å². The molecule has 24 heavy (non-hydrogen) atoms. The van der Waals surface area contributed by atoms with E-state index in [9.17, 15) is 13.2 Å². The molecule has 140 valence electrons. The van der Waals surface area contributed by atoms with Crippen LogP contribution >= 0.6 is 0 Å². The number of nitrogens with zero attached hydrogens (tertiary/aromatic N) is 3. The second-order valence-corrected chi connectivity index (χ2v) is 6.34. The number of alkyl halides is 3. The lowest BCUT2D eigenvalue weighted by Crippen LogP contribution is -2.45. The average Bonchev–Trinajstić information content (AvgIpc) is 2.97. The monoisotopic (exact) mass is 351 g/mol. The molecule has 1 atom stereocenters. The molecular formula is C15H28F3N5O. The standard InChI is InChI=1S/C15H28F3N5O/c1-19-14(20-3-5-22-6-8-24-9-7-22)21-10-13-2-4-23(11-13)12-15(16,17)18/h13H,2-12H2,1H3,(H2,19,20,21). The van der Waals surface area contributed by atoms with E-state index in [1.54, 1.807) is 7.05 Å². The average molecular weight is 351 g/mol. The van der Waals surface area contributed by atoms with Crippen LogP contribution in [0.4, 0.5) is 13.2 Å². The summed E-state index contributed by atoms with van der Waals surface area (Å²) in [5.74, 6) is 0.933. The van der Waals surface area contributed by atoms with Crippen LogP contribution in [-0.4, -0.2) is 94.6 Å². The highest BCUT2D eigenvalue weighted by molar-refractivity contribution is 5.79. The van der Waals surface area contributed by atoms with E-state index in [0.717, 1.165) is 45.8 Å². The van der Waals surface area contributed by atoms with Gasteiger partial charge in [0, 0.05) is 46.3 Å². The van der Waals surface area contributed by atoms with Crippen molar-refractivity contribution in [2.45, 2.75) is 12.6 Å². The fourth-order valence-electron chi connectivity index (χ4n) is 3.10. The van der Waals surface area contributed by atoms with Crippen LogP contribution in [0.1, 0.15) is 6.42 Å². The van der Waals surface area contributed by atoms with Crippen molar-refractivity contribution >= 4 is 5.96 Å². The van der Waals surface area contributed by atoms with Gasteiger partial charge in [0.05, 0.1) is 19.8 Å². The molecule has 0 aromatic heterocycles. The Morgan fingerprint density at radius 1 is 1.17 bits per heavy atom. The minimum atomic E-state index is -4.11. The van der Waals surface area contributed by atoms with Crippen LogP contribution in [0.15, 0.2) is 4.99 Å². The fourth-order valence-corrected chi connectivity index (χ4v) is 3.10. The summed E-state index contributed by atoms with van der Waals surface area (Å²) in [6.45, 7) is 5.99. The summed E-state index contributed by atoms with van der Waals surface area (Å²) < 4.78 is 42.5. The molecule has 0 saturated carbocycles. The molecule has 2 aliphatic heterocycles. The summed E-state index contributed by atoms with van der Waals surface area (Å²) in [6, 6.07) is 0. The van der Waals surface area contributed by atoms with E-state index < -0.39 is 12.7 Å². The predicted molar refractivity (Wildman–Crippen MR) is 87.2 cm³/mol. The Morgan fingerprint density at radius 3 is 2.58 bits per heavy atom. The van der Waals surface area contributed by atoms with E-state index in [0.29, 0.717) is 25.6 Å².